The zero-order valence-corrected chi connectivity index (χ0v) is 17.6. The fourth-order valence-electron chi connectivity index (χ4n) is 2.18. The molecule has 0 radical (unpaired) electrons. The summed E-state index contributed by atoms with van der Waals surface area (Å²) >= 11 is 0. The fourth-order valence-corrected chi connectivity index (χ4v) is 2.18. The van der Waals surface area contributed by atoms with Gasteiger partial charge in [-0.05, 0) is 46.0 Å². The van der Waals surface area contributed by atoms with Crippen LogP contribution < -0.4 is 5.32 Å². The number of aromatic nitrogens is 3. The van der Waals surface area contributed by atoms with Gasteiger partial charge in [-0.15, -0.1) is 5.10 Å². The van der Waals surface area contributed by atoms with E-state index in [1.54, 1.807) is 0 Å². The molecule has 0 saturated carbocycles. The zero-order valence-electron chi connectivity index (χ0n) is 17.6. The van der Waals surface area contributed by atoms with Gasteiger partial charge in [0.15, 0.2) is 0 Å². The number of hydrogen-bond acceptors (Lipinski definition) is 4. The average molecular weight is 343 g/mol. The van der Waals surface area contributed by atoms with Gasteiger partial charge in [0.05, 0.1) is 5.69 Å². The minimum Gasteiger partial charge on any atom is -0.396 e. The quantitative estimate of drug-likeness (QED) is 0.748. The number of aliphatic hydroxyl groups excluding tert-OH is 1. The average Bonchev–Trinajstić information content (AvgIpc) is 2.94. The van der Waals surface area contributed by atoms with E-state index in [9.17, 15) is 0 Å². The number of rotatable bonds is 8. The molecular formula is C19H42N4O. The van der Waals surface area contributed by atoms with Crippen LogP contribution in [0.4, 0.5) is 0 Å². The second-order valence-electron chi connectivity index (χ2n) is 7.15. The Balaban J connectivity index is 0. The van der Waals surface area contributed by atoms with Crippen molar-refractivity contribution in [1.29, 1.82) is 0 Å². The molecule has 0 spiro atoms. The van der Waals surface area contributed by atoms with Crippen molar-refractivity contribution in [2.24, 2.45) is 5.92 Å². The van der Waals surface area contributed by atoms with Crippen LogP contribution >= 0.6 is 0 Å². The van der Waals surface area contributed by atoms with Crippen LogP contribution in [0.2, 0.25) is 0 Å². The number of nitrogens with one attached hydrogen (secondary N) is 1. The minimum absolute atomic E-state index is 0.0723. The van der Waals surface area contributed by atoms with E-state index in [1.165, 1.54) is 6.42 Å². The number of hydrogen-bond donors (Lipinski definition) is 2. The smallest absolute Gasteiger partial charge is 0.0827 e. The van der Waals surface area contributed by atoms with Crippen LogP contribution in [0.1, 0.15) is 80.8 Å². The minimum atomic E-state index is 0.0723. The van der Waals surface area contributed by atoms with E-state index < -0.39 is 0 Å². The molecular weight excluding hydrogens is 300 g/mol. The highest BCUT2D eigenvalue weighted by Crippen LogP contribution is 2.08. The maximum Gasteiger partial charge on any atom is 0.0827 e. The molecule has 0 amide bonds. The van der Waals surface area contributed by atoms with Crippen molar-refractivity contribution >= 4 is 0 Å². The Morgan fingerprint density at radius 1 is 1.21 bits per heavy atom. The number of nitrogens with zero attached hydrogens (tertiary/aromatic N) is 3. The third-order valence-corrected chi connectivity index (χ3v) is 3.30. The van der Waals surface area contributed by atoms with Crippen molar-refractivity contribution in [2.45, 2.75) is 99.7 Å². The van der Waals surface area contributed by atoms with E-state index in [2.05, 4.69) is 64.1 Å². The third kappa shape index (κ3) is 14.6. The van der Waals surface area contributed by atoms with Crippen molar-refractivity contribution in [3.63, 3.8) is 0 Å². The van der Waals surface area contributed by atoms with Gasteiger partial charge in [0, 0.05) is 30.9 Å². The molecule has 0 aromatic carbocycles. The number of aliphatic hydroxyl groups is 1. The van der Waals surface area contributed by atoms with Crippen LogP contribution in [0.25, 0.3) is 0 Å². The normalized spacial score (nSPS) is 11.0. The molecule has 5 heteroatoms. The van der Waals surface area contributed by atoms with E-state index in [0.29, 0.717) is 6.04 Å². The third-order valence-electron chi connectivity index (χ3n) is 3.30. The van der Waals surface area contributed by atoms with Gasteiger partial charge in [-0.2, -0.15) is 0 Å². The molecule has 0 aliphatic heterocycles. The van der Waals surface area contributed by atoms with E-state index in [0.717, 1.165) is 31.0 Å². The molecule has 1 heterocycles. The van der Waals surface area contributed by atoms with E-state index in [-0.39, 0.29) is 12.1 Å². The lowest BCUT2D eigenvalue weighted by atomic mass is 10.0. The SMILES string of the molecule is CC.CC(C)NC(C)(C)CCO.CCn1cc(CCC(C)C)nn1. The second kappa shape index (κ2) is 14.4. The summed E-state index contributed by atoms with van der Waals surface area (Å²) in [6.07, 6.45) is 5.09. The van der Waals surface area contributed by atoms with Gasteiger partial charge in [0.1, 0.15) is 0 Å². The summed E-state index contributed by atoms with van der Waals surface area (Å²) in [4.78, 5) is 0. The van der Waals surface area contributed by atoms with Crippen molar-refractivity contribution < 1.29 is 5.11 Å². The van der Waals surface area contributed by atoms with Gasteiger partial charge < -0.3 is 10.4 Å². The van der Waals surface area contributed by atoms with E-state index in [4.69, 9.17) is 5.11 Å². The molecule has 2 N–H and O–H groups in total. The monoisotopic (exact) mass is 342 g/mol. The highest BCUT2D eigenvalue weighted by atomic mass is 16.3. The molecule has 0 fully saturated rings. The summed E-state index contributed by atoms with van der Waals surface area (Å²) in [5.41, 5.74) is 1.19. The molecule has 5 nitrogen and oxygen atoms in total. The molecule has 0 aliphatic carbocycles. The van der Waals surface area contributed by atoms with Crippen LogP contribution in [0, 0.1) is 5.92 Å². The molecule has 144 valence electrons. The number of aryl methyl sites for hydroxylation is 2. The summed E-state index contributed by atoms with van der Waals surface area (Å²) in [5.74, 6) is 0.747. The maximum atomic E-state index is 8.67. The van der Waals surface area contributed by atoms with Gasteiger partial charge in [0.25, 0.3) is 0 Å². The van der Waals surface area contributed by atoms with Gasteiger partial charge in [-0.3, -0.25) is 4.68 Å². The maximum absolute atomic E-state index is 8.67. The molecule has 1 aromatic rings. The first kappa shape index (κ1) is 25.3. The van der Waals surface area contributed by atoms with Gasteiger partial charge in [-0.1, -0.05) is 46.8 Å². The topological polar surface area (TPSA) is 63.0 Å². The Hall–Kier alpha value is -0.940. The highest BCUT2D eigenvalue weighted by Gasteiger charge is 2.16. The molecule has 24 heavy (non-hydrogen) atoms. The molecule has 1 rings (SSSR count). The predicted molar refractivity (Wildman–Crippen MR) is 104 cm³/mol. The molecule has 1 aromatic heterocycles. The lowest BCUT2D eigenvalue weighted by Gasteiger charge is -2.27. The van der Waals surface area contributed by atoms with Crippen LogP contribution in [0.15, 0.2) is 6.20 Å². The van der Waals surface area contributed by atoms with Crippen LogP contribution in [-0.2, 0) is 13.0 Å². The van der Waals surface area contributed by atoms with Crippen LogP contribution in [0.3, 0.4) is 0 Å². The van der Waals surface area contributed by atoms with E-state index >= 15 is 0 Å². The summed E-state index contributed by atoms with van der Waals surface area (Å²) in [5, 5.41) is 20.1. The van der Waals surface area contributed by atoms with Crippen molar-refractivity contribution in [3.8, 4) is 0 Å². The molecule has 0 aliphatic rings. The van der Waals surface area contributed by atoms with Crippen molar-refractivity contribution in [3.05, 3.63) is 11.9 Å². The Kier molecular flexibility index (Phi) is 15.2. The highest BCUT2D eigenvalue weighted by molar-refractivity contribution is 4.92. The van der Waals surface area contributed by atoms with Gasteiger partial charge >= 0.3 is 0 Å². The Morgan fingerprint density at radius 2 is 1.79 bits per heavy atom. The lowest BCUT2D eigenvalue weighted by molar-refractivity contribution is 0.223. The summed E-state index contributed by atoms with van der Waals surface area (Å²) in [7, 11) is 0. The first-order valence-electron chi connectivity index (χ1n) is 9.47. The van der Waals surface area contributed by atoms with Crippen LogP contribution in [0.5, 0.6) is 0 Å². The summed E-state index contributed by atoms with van der Waals surface area (Å²) in [6.45, 7) is 20.1. The van der Waals surface area contributed by atoms with Gasteiger partial charge in [-0.25, -0.2) is 0 Å². The molecule has 0 bridgehead atoms. The first-order valence-corrected chi connectivity index (χ1v) is 9.47. The summed E-state index contributed by atoms with van der Waals surface area (Å²) < 4.78 is 1.87. The zero-order chi connectivity index (χ0) is 19.2. The molecule has 0 atom stereocenters. The standard InChI is InChI=1S/C9H17N3.C8H19NO.C2H6/c1-4-12-7-9(10-11-12)6-5-8(2)3;1-7(2)9-8(3,4)5-6-10;1-2/h7-8H,4-6H2,1-3H3;7,9-10H,5-6H2,1-4H3;1-2H3. The molecule has 0 unspecified atom stereocenters. The Morgan fingerprint density at radius 3 is 2.17 bits per heavy atom. The molecule has 0 saturated heterocycles. The van der Waals surface area contributed by atoms with Crippen molar-refractivity contribution in [1.82, 2.24) is 20.3 Å². The van der Waals surface area contributed by atoms with Crippen LogP contribution in [-0.4, -0.2) is 38.3 Å². The predicted octanol–water partition coefficient (Wildman–Crippen LogP) is 4.06. The largest absolute Gasteiger partial charge is 0.396 e. The fraction of sp³-hybridized carbons (Fsp3) is 0.895. The van der Waals surface area contributed by atoms with E-state index in [1.807, 2.05) is 24.7 Å². The Labute approximate surface area is 150 Å². The second-order valence-corrected chi connectivity index (χ2v) is 7.15. The van der Waals surface area contributed by atoms with Gasteiger partial charge in [0.2, 0.25) is 0 Å². The first-order chi connectivity index (χ1) is 11.2. The Bertz CT molecular complexity index is 386. The van der Waals surface area contributed by atoms with Crippen molar-refractivity contribution in [2.75, 3.05) is 6.61 Å². The summed E-state index contributed by atoms with van der Waals surface area (Å²) in [6, 6.07) is 0.488. The lowest BCUT2D eigenvalue weighted by Crippen LogP contribution is -2.44.